The molecule has 0 spiro atoms. The molecule has 2 aromatic rings. The van der Waals surface area contributed by atoms with Crippen LogP contribution in [0.5, 0.6) is 5.75 Å². The Kier molecular flexibility index (Phi) is 4.08. The maximum atomic E-state index is 13.3. The van der Waals surface area contributed by atoms with E-state index in [0.717, 1.165) is 16.7 Å². The molecule has 2 N–H and O–H groups in total. The van der Waals surface area contributed by atoms with E-state index in [1.807, 2.05) is 6.92 Å². The van der Waals surface area contributed by atoms with Gasteiger partial charge in [0.05, 0.1) is 13.2 Å². The summed E-state index contributed by atoms with van der Waals surface area (Å²) < 4.78 is 18.4. The molecule has 0 aliphatic heterocycles. The lowest BCUT2D eigenvalue weighted by atomic mass is 9.95. The van der Waals surface area contributed by atoms with Gasteiger partial charge in [-0.15, -0.1) is 0 Å². The number of aryl methyl sites for hydroxylation is 1. The first-order valence-corrected chi connectivity index (χ1v) is 6.26. The Labute approximate surface area is 117 Å². The van der Waals surface area contributed by atoms with E-state index in [1.54, 1.807) is 31.4 Å². The van der Waals surface area contributed by atoms with Crippen LogP contribution in [0.15, 0.2) is 36.4 Å². The summed E-state index contributed by atoms with van der Waals surface area (Å²) in [6.45, 7) is 1.89. The summed E-state index contributed by atoms with van der Waals surface area (Å²) in [5.41, 5.74) is 8.59. The van der Waals surface area contributed by atoms with E-state index >= 15 is 0 Å². The van der Waals surface area contributed by atoms with Crippen LogP contribution in [0.25, 0.3) is 0 Å². The quantitative estimate of drug-likeness (QED) is 0.926. The molecule has 0 aliphatic carbocycles. The molecule has 0 saturated heterocycles. The number of ether oxygens (including phenoxy) is 1. The van der Waals surface area contributed by atoms with Crippen LogP contribution in [0.1, 0.15) is 22.7 Å². The highest BCUT2D eigenvalue weighted by Gasteiger charge is 2.15. The van der Waals surface area contributed by atoms with Gasteiger partial charge in [-0.25, -0.2) is 4.39 Å². The molecule has 0 bridgehead atoms. The summed E-state index contributed by atoms with van der Waals surface area (Å²) in [5, 5.41) is 0.510. The molecule has 0 heterocycles. The number of benzene rings is 2. The summed E-state index contributed by atoms with van der Waals surface area (Å²) in [5.74, 6) is 0.359. The third-order valence-corrected chi connectivity index (χ3v) is 3.45. The van der Waals surface area contributed by atoms with Crippen molar-refractivity contribution in [2.75, 3.05) is 7.11 Å². The van der Waals surface area contributed by atoms with Gasteiger partial charge in [0, 0.05) is 5.02 Å². The topological polar surface area (TPSA) is 35.2 Å². The predicted molar refractivity (Wildman–Crippen MR) is 75.2 cm³/mol. The lowest BCUT2D eigenvalue weighted by molar-refractivity contribution is 0.414. The van der Waals surface area contributed by atoms with Gasteiger partial charge in [-0.1, -0.05) is 23.7 Å². The molecule has 0 fully saturated rings. The van der Waals surface area contributed by atoms with Crippen molar-refractivity contribution < 1.29 is 9.13 Å². The van der Waals surface area contributed by atoms with E-state index in [9.17, 15) is 4.39 Å². The first kappa shape index (κ1) is 13.8. The van der Waals surface area contributed by atoms with Gasteiger partial charge < -0.3 is 10.5 Å². The van der Waals surface area contributed by atoms with Crippen LogP contribution in [0, 0.1) is 12.7 Å². The third kappa shape index (κ3) is 2.88. The third-order valence-electron chi connectivity index (χ3n) is 3.12. The van der Waals surface area contributed by atoms with Gasteiger partial charge in [0.15, 0.2) is 0 Å². The number of hydrogen-bond acceptors (Lipinski definition) is 2. The minimum atomic E-state index is -0.464. The summed E-state index contributed by atoms with van der Waals surface area (Å²) in [6.07, 6.45) is 0. The Morgan fingerprint density at radius 3 is 2.53 bits per heavy atom. The van der Waals surface area contributed by atoms with Gasteiger partial charge in [-0.2, -0.15) is 0 Å². The predicted octanol–water partition coefficient (Wildman–Crippen LogP) is 3.84. The second kappa shape index (κ2) is 5.59. The monoisotopic (exact) mass is 279 g/mol. The van der Waals surface area contributed by atoms with Crippen LogP contribution >= 0.6 is 11.6 Å². The van der Waals surface area contributed by atoms with Gasteiger partial charge in [0.25, 0.3) is 0 Å². The molecule has 2 nitrogen and oxygen atoms in total. The van der Waals surface area contributed by atoms with E-state index in [4.69, 9.17) is 22.1 Å². The Morgan fingerprint density at radius 2 is 1.89 bits per heavy atom. The molecule has 0 aliphatic rings. The Bertz CT molecular complexity index is 601. The summed E-state index contributed by atoms with van der Waals surface area (Å²) in [6, 6.07) is 9.40. The Balaban J connectivity index is 2.43. The lowest BCUT2D eigenvalue weighted by Gasteiger charge is -2.17. The largest absolute Gasteiger partial charge is 0.497 e. The zero-order chi connectivity index (χ0) is 14.0. The van der Waals surface area contributed by atoms with Gasteiger partial charge in [-0.3, -0.25) is 0 Å². The molecular weight excluding hydrogens is 265 g/mol. The molecule has 0 radical (unpaired) electrons. The van der Waals surface area contributed by atoms with Crippen LogP contribution in [0.2, 0.25) is 5.02 Å². The second-order valence-electron chi connectivity index (χ2n) is 4.37. The van der Waals surface area contributed by atoms with Gasteiger partial charge in [-0.05, 0) is 47.9 Å². The number of hydrogen-bond donors (Lipinski definition) is 1. The molecule has 100 valence electrons. The Hall–Kier alpha value is -1.58. The smallest absolute Gasteiger partial charge is 0.123 e. The average Bonchev–Trinajstić information content (AvgIpc) is 2.40. The van der Waals surface area contributed by atoms with E-state index < -0.39 is 6.04 Å². The molecular formula is C15H15ClFNO. The first-order chi connectivity index (χ1) is 9.02. The number of methoxy groups -OCH3 is 1. The Morgan fingerprint density at radius 1 is 1.16 bits per heavy atom. The van der Waals surface area contributed by atoms with Crippen LogP contribution in [-0.4, -0.2) is 7.11 Å². The summed E-state index contributed by atoms with van der Waals surface area (Å²) >= 11 is 6.19. The molecule has 2 aromatic carbocycles. The van der Waals surface area contributed by atoms with Crippen molar-refractivity contribution in [3.8, 4) is 5.75 Å². The highest BCUT2D eigenvalue weighted by Crippen LogP contribution is 2.31. The van der Waals surface area contributed by atoms with Crippen molar-refractivity contribution in [2.45, 2.75) is 13.0 Å². The highest BCUT2D eigenvalue weighted by molar-refractivity contribution is 6.31. The summed E-state index contributed by atoms with van der Waals surface area (Å²) in [4.78, 5) is 0. The van der Waals surface area contributed by atoms with Crippen molar-refractivity contribution in [3.63, 3.8) is 0 Å². The normalized spacial score (nSPS) is 12.3. The van der Waals surface area contributed by atoms with Gasteiger partial charge in [0.2, 0.25) is 0 Å². The van der Waals surface area contributed by atoms with E-state index in [2.05, 4.69) is 0 Å². The van der Waals surface area contributed by atoms with Gasteiger partial charge >= 0.3 is 0 Å². The maximum absolute atomic E-state index is 13.3. The van der Waals surface area contributed by atoms with Crippen molar-refractivity contribution in [3.05, 3.63) is 63.9 Å². The van der Waals surface area contributed by atoms with Gasteiger partial charge in [0.1, 0.15) is 11.6 Å². The maximum Gasteiger partial charge on any atom is 0.123 e. The van der Waals surface area contributed by atoms with Crippen molar-refractivity contribution in [2.24, 2.45) is 5.73 Å². The highest BCUT2D eigenvalue weighted by atomic mass is 35.5. The SMILES string of the molecule is COc1ccc(C(N)c2cc(F)ccc2C)c(Cl)c1. The summed E-state index contributed by atoms with van der Waals surface area (Å²) in [7, 11) is 1.57. The zero-order valence-electron chi connectivity index (χ0n) is 10.8. The molecule has 2 rings (SSSR count). The minimum absolute atomic E-state index is 0.305. The fourth-order valence-corrected chi connectivity index (χ4v) is 2.29. The van der Waals surface area contributed by atoms with Crippen LogP contribution < -0.4 is 10.5 Å². The molecule has 0 saturated carbocycles. The molecule has 1 atom stereocenters. The zero-order valence-corrected chi connectivity index (χ0v) is 11.5. The minimum Gasteiger partial charge on any atom is -0.497 e. The second-order valence-corrected chi connectivity index (χ2v) is 4.77. The number of halogens is 2. The molecule has 4 heteroatoms. The van der Waals surface area contributed by atoms with E-state index in [0.29, 0.717) is 10.8 Å². The number of nitrogens with two attached hydrogens (primary N) is 1. The molecule has 19 heavy (non-hydrogen) atoms. The van der Waals surface area contributed by atoms with Crippen molar-refractivity contribution in [1.82, 2.24) is 0 Å². The van der Waals surface area contributed by atoms with Crippen molar-refractivity contribution in [1.29, 1.82) is 0 Å². The van der Waals surface area contributed by atoms with Crippen LogP contribution in [-0.2, 0) is 0 Å². The lowest BCUT2D eigenvalue weighted by Crippen LogP contribution is -2.14. The first-order valence-electron chi connectivity index (χ1n) is 5.88. The van der Waals surface area contributed by atoms with Crippen LogP contribution in [0.4, 0.5) is 4.39 Å². The standard InChI is InChI=1S/C15H15ClFNO/c1-9-3-4-10(17)7-13(9)15(18)12-6-5-11(19-2)8-14(12)16/h3-8,15H,18H2,1-2H3. The molecule has 1 unspecified atom stereocenters. The van der Waals surface area contributed by atoms with E-state index in [-0.39, 0.29) is 5.82 Å². The number of rotatable bonds is 3. The fraction of sp³-hybridized carbons (Fsp3) is 0.200. The average molecular weight is 280 g/mol. The van der Waals surface area contributed by atoms with Crippen molar-refractivity contribution >= 4 is 11.6 Å². The van der Waals surface area contributed by atoms with E-state index in [1.165, 1.54) is 12.1 Å². The van der Waals surface area contributed by atoms with Crippen LogP contribution in [0.3, 0.4) is 0 Å². The molecule has 0 amide bonds. The molecule has 0 aromatic heterocycles. The fourth-order valence-electron chi connectivity index (χ4n) is 2.00.